The lowest BCUT2D eigenvalue weighted by Crippen LogP contribution is -2.37. The zero-order valence-electron chi connectivity index (χ0n) is 30.0. The van der Waals surface area contributed by atoms with Crippen LogP contribution in [0.5, 0.6) is 0 Å². The van der Waals surface area contributed by atoms with Gasteiger partial charge in [-0.1, -0.05) is 64.8 Å². The van der Waals surface area contributed by atoms with Crippen LogP contribution in [0.15, 0.2) is 24.3 Å². The van der Waals surface area contributed by atoms with E-state index in [2.05, 4.69) is 56.9 Å². The van der Waals surface area contributed by atoms with Gasteiger partial charge in [0.25, 0.3) is 0 Å². The van der Waals surface area contributed by atoms with Gasteiger partial charge in [-0.2, -0.15) is 0 Å². The normalized spacial score (nSPS) is 16.4. The Hall–Kier alpha value is -1.90. The summed E-state index contributed by atoms with van der Waals surface area (Å²) >= 11 is 0. The van der Waals surface area contributed by atoms with Crippen LogP contribution < -0.4 is 0 Å². The molecule has 8 heteroatoms. The first kappa shape index (κ1) is 42.1. The molecule has 0 radical (unpaired) electrons. The third-order valence-corrected chi connectivity index (χ3v) is 8.34. The fourth-order valence-electron chi connectivity index (χ4n) is 5.53. The molecule has 1 saturated heterocycles. The molecular weight excluding hydrogens is 582 g/mol. The number of ether oxygens (including phenoxy) is 5. The van der Waals surface area contributed by atoms with Crippen molar-refractivity contribution in [1.29, 1.82) is 0 Å². The highest BCUT2D eigenvalue weighted by atomic mass is 16.7. The van der Waals surface area contributed by atoms with Crippen LogP contribution in [0.25, 0.3) is 0 Å². The molecule has 1 heterocycles. The summed E-state index contributed by atoms with van der Waals surface area (Å²) in [6, 6.07) is 0. The van der Waals surface area contributed by atoms with E-state index in [1.54, 1.807) is 0 Å². The maximum absolute atomic E-state index is 12.5. The summed E-state index contributed by atoms with van der Waals surface area (Å²) in [4.78, 5) is 27.3. The lowest BCUT2D eigenvalue weighted by atomic mass is 9.99. The number of nitrogens with zero attached hydrogens (tertiary/aromatic N) is 1. The zero-order valence-corrected chi connectivity index (χ0v) is 30.0. The van der Waals surface area contributed by atoms with Crippen molar-refractivity contribution in [3.05, 3.63) is 24.3 Å². The lowest BCUT2D eigenvalue weighted by molar-refractivity contribution is -0.159. The van der Waals surface area contributed by atoms with Crippen LogP contribution in [0.4, 0.5) is 4.79 Å². The highest BCUT2D eigenvalue weighted by Crippen LogP contribution is 2.18. The first-order valence-corrected chi connectivity index (χ1v) is 18.8. The van der Waals surface area contributed by atoms with Crippen molar-refractivity contribution in [1.82, 2.24) is 4.90 Å². The maximum atomic E-state index is 12.5. The number of carbonyl (C=O) groups excluding carboxylic acids is 2. The number of esters is 1. The topological polar surface area (TPSA) is 83.5 Å². The molecule has 268 valence electrons. The predicted molar refractivity (Wildman–Crippen MR) is 187 cm³/mol. The average Bonchev–Trinajstić information content (AvgIpc) is 3.07. The third-order valence-electron chi connectivity index (χ3n) is 8.34. The highest BCUT2D eigenvalue weighted by molar-refractivity contribution is 5.69. The van der Waals surface area contributed by atoms with Crippen LogP contribution in [0.2, 0.25) is 0 Å². The monoisotopic (exact) mass is 652 g/mol. The molecule has 1 aliphatic heterocycles. The van der Waals surface area contributed by atoms with Gasteiger partial charge < -0.3 is 28.6 Å². The Morgan fingerprint density at radius 1 is 0.761 bits per heavy atom. The molecule has 0 aromatic carbocycles. The smallest absolute Gasteiger partial charge is 0.466 e. The number of hydrogen-bond donors (Lipinski definition) is 0. The second kappa shape index (κ2) is 30.4. The van der Waals surface area contributed by atoms with Crippen LogP contribution in [0.1, 0.15) is 143 Å². The standard InChI is InChI=1S/C38H69NO7/c1-5-9-12-14-16-19-30-43-37(44-31-20-17-15-13-10-6-2)27-26-36(40)42-29-21-18-25-35(24-11-7-3)46-38(41)45-33-34-23-22-28-39(8-4)32-34/h9-10,12-13,34-35,37H,5-8,11,14-33H2,1-4H3/b12-9-,13-10-. The van der Waals surface area contributed by atoms with E-state index in [4.69, 9.17) is 23.7 Å². The summed E-state index contributed by atoms with van der Waals surface area (Å²) < 4.78 is 28.8. The largest absolute Gasteiger partial charge is 0.508 e. The second-order valence-electron chi connectivity index (χ2n) is 12.5. The van der Waals surface area contributed by atoms with Crippen LogP contribution in [0.3, 0.4) is 0 Å². The van der Waals surface area contributed by atoms with Crippen molar-refractivity contribution in [2.45, 2.75) is 156 Å². The molecule has 1 fully saturated rings. The van der Waals surface area contributed by atoms with E-state index in [1.165, 1.54) is 0 Å². The maximum Gasteiger partial charge on any atom is 0.508 e. The lowest BCUT2D eigenvalue weighted by Gasteiger charge is -2.31. The Labute approximate surface area is 282 Å². The van der Waals surface area contributed by atoms with Crippen molar-refractivity contribution in [2.24, 2.45) is 5.92 Å². The van der Waals surface area contributed by atoms with E-state index in [0.717, 1.165) is 122 Å². The highest BCUT2D eigenvalue weighted by Gasteiger charge is 2.22. The van der Waals surface area contributed by atoms with Gasteiger partial charge in [-0.25, -0.2) is 4.79 Å². The van der Waals surface area contributed by atoms with Gasteiger partial charge in [0, 0.05) is 32.1 Å². The van der Waals surface area contributed by atoms with Crippen molar-refractivity contribution in [3.8, 4) is 0 Å². The number of hydrogen-bond acceptors (Lipinski definition) is 8. The van der Waals surface area contributed by atoms with Gasteiger partial charge in [-0.3, -0.25) is 4.79 Å². The number of carbonyl (C=O) groups is 2. The van der Waals surface area contributed by atoms with Gasteiger partial charge >= 0.3 is 12.1 Å². The molecule has 0 bridgehead atoms. The minimum atomic E-state index is -0.554. The molecular formula is C38H69NO7. The quantitative estimate of drug-likeness (QED) is 0.0342. The Morgan fingerprint density at radius 3 is 2.04 bits per heavy atom. The third kappa shape index (κ3) is 24.3. The average molecular weight is 652 g/mol. The van der Waals surface area contributed by atoms with Crippen LogP contribution >= 0.6 is 0 Å². The van der Waals surface area contributed by atoms with Gasteiger partial charge in [0.15, 0.2) is 6.29 Å². The molecule has 1 aliphatic rings. The molecule has 0 spiro atoms. The van der Waals surface area contributed by atoms with Gasteiger partial charge in [-0.15, -0.1) is 0 Å². The fraction of sp³-hybridized carbons (Fsp3) is 0.842. The summed E-state index contributed by atoms with van der Waals surface area (Å²) in [6.07, 6.45) is 24.3. The van der Waals surface area contributed by atoms with E-state index in [-0.39, 0.29) is 24.8 Å². The van der Waals surface area contributed by atoms with Crippen molar-refractivity contribution >= 4 is 12.1 Å². The number of likely N-dealkylation sites (tertiary alicyclic amines) is 1. The minimum absolute atomic E-state index is 0.165. The molecule has 46 heavy (non-hydrogen) atoms. The van der Waals surface area contributed by atoms with E-state index < -0.39 is 6.16 Å². The number of piperidine rings is 1. The second-order valence-corrected chi connectivity index (χ2v) is 12.5. The molecule has 0 aromatic rings. The number of allylic oxidation sites excluding steroid dienone is 4. The first-order valence-electron chi connectivity index (χ1n) is 18.8. The van der Waals surface area contributed by atoms with Gasteiger partial charge in [0.2, 0.25) is 0 Å². The number of rotatable bonds is 29. The van der Waals surface area contributed by atoms with Gasteiger partial charge in [-0.05, 0) is 103 Å². The summed E-state index contributed by atoms with van der Waals surface area (Å²) in [5.41, 5.74) is 0. The summed E-state index contributed by atoms with van der Waals surface area (Å²) in [5.74, 6) is 0.160. The Morgan fingerprint density at radius 2 is 1.41 bits per heavy atom. The van der Waals surface area contributed by atoms with Crippen LogP contribution in [-0.2, 0) is 28.5 Å². The number of unbranched alkanes of at least 4 members (excludes halogenated alkanes) is 6. The SMILES string of the molecule is CC/C=C\CCCCOC(CCC(=O)OCCCCC(CCCC)OC(=O)OCC1CCCN(CC)C1)OCCCC/C=C\CC. The molecule has 1 rings (SSSR count). The molecule has 0 amide bonds. The predicted octanol–water partition coefficient (Wildman–Crippen LogP) is 9.56. The van der Waals surface area contributed by atoms with Gasteiger partial charge in [0.1, 0.15) is 6.10 Å². The molecule has 2 atom stereocenters. The zero-order chi connectivity index (χ0) is 33.5. The summed E-state index contributed by atoms with van der Waals surface area (Å²) in [6.45, 7) is 13.8. The Kier molecular flexibility index (Phi) is 27.9. The summed E-state index contributed by atoms with van der Waals surface area (Å²) in [5, 5.41) is 0. The first-order chi connectivity index (χ1) is 22.5. The Balaban J connectivity index is 2.32. The van der Waals surface area contributed by atoms with E-state index >= 15 is 0 Å². The van der Waals surface area contributed by atoms with Crippen molar-refractivity contribution < 1.29 is 33.3 Å². The molecule has 0 aliphatic carbocycles. The molecule has 0 saturated carbocycles. The Bertz CT molecular complexity index is 763. The van der Waals surface area contributed by atoms with E-state index in [1.807, 2.05) is 0 Å². The molecule has 2 unspecified atom stereocenters. The van der Waals surface area contributed by atoms with Crippen LogP contribution in [-0.4, -0.2) is 75.5 Å². The molecule has 8 nitrogen and oxygen atoms in total. The van der Waals surface area contributed by atoms with E-state index in [0.29, 0.717) is 38.8 Å². The molecule has 0 N–H and O–H groups in total. The van der Waals surface area contributed by atoms with Crippen molar-refractivity contribution in [2.75, 3.05) is 46.1 Å². The fourth-order valence-corrected chi connectivity index (χ4v) is 5.53. The van der Waals surface area contributed by atoms with E-state index in [9.17, 15) is 9.59 Å². The molecule has 0 aromatic heterocycles. The van der Waals surface area contributed by atoms with Gasteiger partial charge in [0.05, 0.1) is 19.6 Å². The minimum Gasteiger partial charge on any atom is -0.466 e. The van der Waals surface area contributed by atoms with Crippen molar-refractivity contribution in [3.63, 3.8) is 0 Å². The summed E-state index contributed by atoms with van der Waals surface area (Å²) in [7, 11) is 0. The van der Waals surface area contributed by atoms with Crippen LogP contribution in [0, 0.1) is 5.92 Å².